The molecule has 3 rings (SSSR count). The highest BCUT2D eigenvalue weighted by Crippen LogP contribution is 2.43. The van der Waals surface area contributed by atoms with Crippen LogP contribution in [0.5, 0.6) is 0 Å². The van der Waals surface area contributed by atoms with Crippen molar-refractivity contribution in [3.63, 3.8) is 0 Å². The number of aliphatic hydroxyl groups excluding tert-OH is 1. The SMILES string of the molecule is CN(C)c1ccc(-c2nc3c(s2)C(O)CCC3)c(C(F)(F)F)c1. The number of aryl methyl sites for hydroxylation is 1. The Morgan fingerprint density at radius 1 is 1.30 bits per heavy atom. The summed E-state index contributed by atoms with van der Waals surface area (Å²) in [7, 11) is 3.40. The van der Waals surface area contributed by atoms with Crippen LogP contribution in [-0.4, -0.2) is 24.2 Å². The van der Waals surface area contributed by atoms with Crippen molar-refractivity contribution in [2.24, 2.45) is 0 Å². The Bertz CT molecular complexity index is 725. The van der Waals surface area contributed by atoms with E-state index >= 15 is 0 Å². The summed E-state index contributed by atoms with van der Waals surface area (Å²) >= 11 is 1.17. The van der Waals surface area contributed by atoms with Crippen molar-refractivity contribution >= 4 is 17.0 Å². The van der Waals surface area contributed by atoms with E-state index in [4.69, 9.17) is 0 Å². The minimum Gasteiger partial charge on any atom is -0.388 e. The predicted octanol–water partition coefficient (Wildman–Crippen LogP) is 4.26. The summed E-state index contributed by atoms with van der Waals surface area (Å²) in [6.07, 6.45) is -2.91. The number of hydrogen-bond donors (Lipinski definition) is 1. The molecular formula is C16H17F3N2OS. The second kappa shape index (κ2) is 5.79. The molecule has 1 unspecified atom stereocenters. The van der Waals surface area contributed by atoms with Crippen molar-refractivity contribution in [3.05, 3.63) is 34.3 Å². The van der Waals surface area contributed by atoms with Gasteiger partial charge in [0.2, 0.25) is 0 Å². The fourth-order valence-electron chi connectivity index (χ4n) is 2.74. The number of alkyl halides is 3. The Morgan fingerprint density at radius 3 is 2.65 bits per heavy atom. The summed E-state index contributed by atoms with van der Waals surface area (Å²) in [5, 5.41) is 10.3. The molecule has 0 aliphatic heterocycles. The number of nitrogens with zero attached hydrogens (tertiary/aromatic N) is 2. The van der Waals surface area contributed by atoms with Crippen LogP contribution in [-0.2, 0) is 12.6 Å². The Kier molecular flexibility index (Phi) is 4.10. The minimum atomic E-state index is -4.45. The molecule has 1 aliphatic carbocycles. The van der Waals surface area contributed by atoms with Gasteiger partial charge in [-0.3, -0.25) is 0 Å². The zero-order chi connectivity index (χ0) is 16.8. The van der Waals surface area contributed by atoms with Crippen LogP contribution in [0.3, 0.4) is 0 Å². The third-order valence-electron chi connectivity index (χ3n) is 3.98. The van der Waals surface area contributed by atoms with Gasteiger partial charge in [0.25, 0.3) is 0 Å². The number of aromatic nitrogens is 1. The number of rotatable bonds is 2. The first-order valence-electron chi connectivity index (χ1n) is 7.34. The van der Waals surface area contributed by atoms with Crippen LogP contribution in [0, 0.1) is 0 Å². The molecule has 124 valence electrons. The van der Waals surface area contributed by atoms with Gasteiger partial charge in [-0.2, -0.15) is 13.2 Å². The van der Waals surface area contributed by atoms with E-state index in [1.165, 1.54) is 17.4 Å². The summed E-state index contributed by atoms with van der Waals surface area (Å²) in [6, 6.07) is 4.27. The Labute approximate surface area is 136 Å². The monoisotopic (exact) mass is 342 g/mol. The zero-order valence-electron chi connectivity index (χ0n) is 12.8. The smallest absolute Gasteiger partial charge is 0.388 e. The molecule has 0 radical (unpaired) electrons. The molecule has 1 N–H and O–H groups in total. The first-order valence-corrected chi connectivity index (χ1v) is 8.15. The molecule has 3 nitrogen and oxygen atoms in total. The fourth-order valence-corrected chi connectivity index (χ4v) is 3.92. The van der Waals surface area contributed by atoms with E-state index in [1.54, 1.807) is 25.1 Å². The molecule has 0 fully saturated rings. The number of thiazole rings is 1. The highest BCUT2D eigenvalue weighted by molar-refractivity contribution is 7.15. The minimum absolute atomic E-state index is 0.0784. The maximum Gasteiger partial charge on any atom is 0.417 e. The average Bonchev–Trinajstić information content (AvgIpc) is 2.91. The highest BCUT2D eigenvalue weighted by atomic mass is 32.1. The summed E-state index contributed by atoms with van der Waals surface area (Å²) < 4.78 is 40.3. The lowest BCUT2D eigenvalue weighted by molar-refractivity contribution is -0.137. The van der Waals surface area contributed by atoms with Gasteiger partial charge >= 0.3 is 6.18 Å². The summed E-state index contributed by atoms with van der Waals surface area (Å²) in [5.74, 6) is 0. The number of halogens is 3. The molecule has 23 heavy (non-hydrogen) atoms. The lowest BCUT2D eigenvalue weighted by atomic mass is 10.0. The fraction of sp³-hybridized carbons (Fsp3) is 0.438. The summed E-state index contributed by atoms with van der Waals surface area (Å²) in [4.78, 5) is 6.70. The van der Waals surface area contributed by atoms with Crippen LogP contribution in [0.4, 0.5) is 18.9 Å². The Hall–Kier alpha value is -1.60. The van der Waals surface area contributed by atoms with Crippen LogP contribution in [0.15, 0.2) is 18.2 Å². The van der Waals surface area contributed by atoms with Crippen LogP contribution in [0.2, 0.25) is 0 Å². The molecular weight excluding hydrogens is 325 g/mol. The number of anilines is 1. The molecule has 1 heterocycles. The van der Waals surface area contributed by atoms with E-state index in [1.807, 2.05) is 0 Å². The third kappa shape index (κ3) is 3.07. The lowest BCUT2D eigenvalue weighted by Crippen LogP contribution is -2.12. The van der Waals surface area contributed by atoms with Crippen LogP contribution in [0.25, 0.3) is 10.6 Å². The van der Waals surface area contributed by atoms with Crippen molar-refractivity contribution in [1.29, 1.82) is 0 Å². The Morgan fingerprint density at radius 2 is 2.04 bits per heavy atom. The summed E-state index contributed by atoms with van der Waals surface area (Å²) in [5.41, 5.74) is 0.606. The molecule has 1 aliphatic rings. The van der Waals surface area contributed by atoms with Crippen LogP contribution in [0.1, 0.15) is 35.1 Å². The van der Waals surface area contributed by atoms with E-state index in [-0.39, 0.29) is 5.56 Å². The van der Waals surface area contributed by atoms with Crippen molar-refractivity contribution in [3.8, 4) is 10.6 Å². The van der Waals surface area contributed by atoms with Gasteiger partial charge in [0.05, 0.1) is 22.2 Å². The molecule has 7 heteroatoms. The quantitative estimate of drug-likeness (QED) is 0.886. The van der Waals surface area contributed by atoms with E-state index < -0.39 is 17.8 Å². The second-order valence-corrected chi connectivity index (χ2v) is 6.89. The van der Waals surface area contributed by atoms with E-state index in [0.29, 0.717) is 28.4 Å². The maximum atomic E-state index is 13.4. The lowest BCUT2D eigenvalue weighted by Gasteiger charge is -2.17. The normalized spacial score (nSPS) is 17.9. The van der Waals surface area contributed by atoms with Crippen molar-refractivity contribution in [2.45, 2.75) is 31.5 Å². The topological polar surface area (TPSA) is 36.4 Å². The maximum absolute atomic E-state index is 13.4. The second-order valence-electron chi connectivity index (χ2n) is 5.86. The number of benzene rings is 1. The van der Waals surface area contributed by atoms with E-state index in [0.717, 1.165) is 18.2 Å². The molecule has 0 amide bonds. The van der Waals surface area contributed by atoms with Gasteiger partial charge in [-0.05, 0) is 37.5 Å². The summed E-state index contributed by atoms with van der Waals surface area (Å²) in [6.45, 7) is 0. The van der Waals surface area contributed by atoms with Crippen molar-refractivity contribution in [2.75, 3.05) is 19.0 Å². The molecule has 1 aromatic carbocycles. The van der Waals surface area contributed by atoms with Crippen molar-refractivity contribution < 1.29 is 18.3 Å². The molecule has 0 saturated heterocycles. The first-order chi connectivity index (χ1) is 10.8. The predicted molar refractivity (Wildman–Crippen MR) is 84.8 cm³/mol. The van der Waals surface area contributed by atoms with E-state index in [2.05, 4.69) is 4.98 Å². The largest absolute Gasteiger partial charge is 0.417 e. The molecule has 0 spiro atoms. The van der Waals surface area contributed by atoms with Gasteiger partial charge in [0.15, 0.2) is 0 Å². The number of aliphatic hydroxyl groups is 1. The van der Waals surface area contributed by atoms with Crippen LogP contribution < -0.4 is 4.90 Å². The van der Waals surface area contributed by atoms with Gasteiger partial charge in [-0.1, -0.05) is 0 Å². The molecule has 1 atom stereocenters. The molecule has 2 aromatic rings. The zero-order valence-corrected chi connectivity index (χ0v) is 13.6. The molecule has 0 bridgehead atoms. The molecule has 1 aromatic heterocycles. The van der Waals surface area contributed by atoms with Gasteiger partial charge < -0.3 is 10.0 Å². The van der Waals surface area contributed by atoms with Gasteiger partial charge in [0.1, 0.15) is 5.01 Å². The van der Waals surface area contributed by atoms with E-state index in [9.17, 15) is 18.3 Å². The van der Waals surface area contributed by atoms with Crippen LogP contribution >= 0.6 is 11.3 Å². The van der Waals surface area contributed by atoms with Crippen molar-refractivity contribution in [1.82, 2.24) is 4.98 Å². The van der Waals surface area contributed by atoms with Gasteiger partial charge in [-0.15, -0.1) is 11.3 Å². The molecule has 0 saturated carbocycles. The highest BCUT2D eigenvalue weighted by Gasteiger charge is 2.35. The first kappa shape index (κ1) is 16.3. The van der Waals surface area contributed by atoms with Gasteiger partial charge in [0, 0.05) is 25.3 Å². The average molecular weight is 342 g/mol. The standard InChI is InChI=1S/C16H17F3N2OS/c1-21(2)9-6-7-10(11(8-9)16(17,18)19)15-20-12-4-3-5-13(22)14(12)23-15/h6-8,13,22H,3-5H2,1-2H3. The Balaban J connectivity index is 2.13. The number of hydrogen-bond acceptors (Lipinski definition) is 4. The van der Waals surface area contributed by atoms with Gasteiger partial charge in [-0.25, -0.2) is 4.98 Å². The third-order valence-corrected chi connectivity index (χ3v) is 5.21. The number of fused-ring (bicyclic) bond motifs is 1.